The zero-order valence-corrected chi connectivity index (χ0v) is 25.3. The summed E-state index contributed by atoms with van der Waals surface area (Å²) < 4.78 is 24.3. The van der Waals surface area contributed by atoms with E-state index in [0.717, 1.165) is 25.7 Å². The van der Waals surface area contributed by atoms with Crippen molar-refractivity contribution in [3.05, 3.63) is 0 Å². The quantitative estimate of drug-likeness (QED) is 0.111. The average molecular weight is 575 g/mol. The van der Waals surface area contributed by atoms with Crippen molar-refractivity contribution in [2.45, 2.75) is 171 Å². The van der Waals surface area contributed by atoms with Crippen LogP contribution in [0, 0.1) is 0 Å². The summed E-state index contributed by atoms with van der Waals surface area (Å²) >= 11 is 0. The van der Waals surface area contributed by atoms with Crippen molar-refractivity contribution in [2.75, 3.05) is 19.8 Å². The molecule has 1 aliphatic heterocycles. The number of hydrogen-bond donors (Lipinski definition) is 6. The van der Waals surface area contributed by atoms with Crippen LogP contribution >= 0.6 is 0 Å². The van der Waals surface area contributed by atoms with Gasteiger partial charge in [0, 0.05) is 31.8 Å². The largest absolute Gasteiger partial charge is 0.388 e. The van der Waals surface area contributed by atoms with Crippen LogP contribution in [-0.4, -0.2) is 91.0 Å². The summed E-state index contributed by atoms with van der Waals surface area (Å²) in [6.45, 7) is 5.53. The van der Waals surface area contributed by atoms with Gasteiger partial charge in [-0.05, 0) is 19.3 Å². The zero-order chi connectivity index (χ0) is 29.3. The fourth-order valence-electron chi connectivity index (χ4n) is 5.86. The van der Waals surface area contributed by atoms with Gasteiger partial charge in [0.25, 0.3) is 0 Å². The Morgan fingerprint density at radius 2 is 1.12 bits per heavy atom. The lowest BCUT2D eigenvalue weighted by Gasteiger charge is -2.47. The molecule has 1 aliphatic carbocycles. The highest BCUT2D eigenvalue weighted by Gasteiger charge is 2.49. The molecule has 10 N–H and O–H groups in total. The highest BCUT2D eigenvalue weighted by atomic mass is 16.7. The predicted octanol–water partition coefficient (Wildman–Crippen LogP) is 2.43. The van der Waals surface area contributed by atoms with Gasteiger partial charge in [0.2, 0.25) is 0 Å². The lowest BCUT2D eigenvalue weighted by molar-refractivity contribution is -0.294. The molecule has 10 nitrogen and oxygen atoms in total. The maximum atomic E-state index is 11.2. The number of ether oxygens (including phenoxy) is 4. The van der Waals surface area contributed by atoms with Gasteiger partial charge in [-0.1, -0.05) is 90.9 Å². The Morgan fingerprint density at radius 3 is 1.65 bits per heavy atom. The number of rotatable bonds is 21. The molecule has 0 aromatic rings. The second-order valence-corrected chi connectivity index (χ2v) is 11.9. The molecule has 10 heteroatoms. The molecule has 0 aromatic carbocycles. The minimum atomic E-state index is -1.03. The van der Waals surface area contributed by atoms with E-state index < -0.39 is 61.0 Å². The molecule has 0 spiro atoms. The highest BCUT2D eigenvalue weighted by molar-refractivity contribution is 5.00. The average Bonchev–Trinajstić information content (AvgIpc) is 2.93. The molecule has 0 radical (unpaired) electrons. The van der Waals surface area contributed by atoms with Crippen LogP contribution in [0.4, 0.5) is 0 Å². The molecular formula is C30H62N4O6. The summed E-state index contributed by atoms with van der Waals surface area (Å²) in [5, 5.41) is 22.0. The Hall–Kier alpha value is -0.400. The summed E-state index contributed by atoms with van der Waals surface area (Å²) in [5.74, 6) is 0. The highest BCUT2D eigenvalue weighted by Crippen LogP contribution is 2.29. The minimum absolute atomic E-state index is 0.0827. The minimum Gasteiger partial charge on any atom is -0.388 e. The van der Waals surface area contributed by atoms with Crippen molar-refractivity contribution in [3.63, 3.8) is 0 Å². The van der Waals surface area contributed by atoms with E-state index in [1.54, 1.807) is 0 Å². The molecule has 2 rings (SSSR count). The van der Waals surface area contributed by atoms with Gasteiger partial charge in [0.05, 0.1) is 6.04 Å². The third-order valence-electron chi connectivity index (χ3n) is 8.42. The van der Waals surface area contributed by atoms with Crippen LogP contribution in [0.25, 0.3) is 0 Å². The molecule has 1 heterocycles. The molecule has 40 heavy (non-hydrogen) atoms. The van der Waals surface area contributed by atoms with Crippen molar-refractivity contribution < 1.29 is 29.2 Å². The maximum Gasteiger partial charge on any atom is 0.176 e. The molecule has 1 saturated carbocycles. The predicted molar refractivity (Wildman–Crippen MR) is 159 cm³/mol. The first kappa shape index (κ1) is 35.8. The summed E-state index contributed by atoms with van der Waals surface area (Å²) in [7, 11) is 0. The first-order valence-corrected chi connectivity index (χ1v) is 16.2. The van der Waals surface area contributed by atoms with Crippen LogP contribution < -0.4 is 22.9 Å². The number of nitrogens with two attached hydrogens (primary N) is 4. The standard InChI is InChI=1S/C30H62N4O6/c1-3-5-7-9-11-13-15-17-37-27-21(32)19-22(33)28(26(27)36)40-30-24(34)29(25(35)23(20-31)39-30)38-18-16-14-12-10-8-6-4-2/h21-30,35-36H,3-20,31-34H2,1-2H3/t21-,22+,23-,24-,25-,26-,27+,28-,29-,30-/m1/s1. The molecule has 10 atom stereocenters. The van der Waals surface area contributed by atoms with Crippen LogP contribution in [0.2, 0.25) is 0 Å². The van der Waals surface area contributed by atoms with E-state index in [0.29, 0.717) is 19.6 Å². The Kier molecular flexibility index (Phi) is 18.3. The van der Waals surface area contributed by atoms with Crippen molar-refractivity contribution in [3.8, 4) is 0 Å². The first-order chi connectivity index (χ1) is 19.3. The van der Waals surface area contributed by atoms with Gasteiger partial charge >= 0.3 is 0 Å². The summed E-state index contributed by atoms with van der Waals surface area (Å²) in [4.78, 5) is 0. The van der Waals surface area contributed by atoms with Gasteiger partial charge in [-0.2, -0.15) is 0 Å². The smallest absolute Gasteiger partial charge is 0.176 e. The number of unbranched alkanes of at least 4 members (excludes halogenated alkanes) is 12. The molecular weight excluding hydrogens is 512 g/mol. The SMILES string of the molecule is CCCCCCCCCO[C@@H]1[C@@H](N)[C@@H](O[C@H]2[C@H](O)[C@@H](OCCCCCCCCC)[C@H](N)C[C@@H]2N)O[C@H](CN)[C@H]1O. The molecule has 1 saturated heterocycles. The van der Waals surface area contributed by atoms with E-state index in [9.17, 15) is 10.2 Å². The lowest BCUT2D eigenvalue weighted by Crippen LogP contribution is -2.68. The molecule has 0 unspecified atom stereocenters. The Morgan fingerprint density at radius 1 is 0.650 bits per heavy atom. The van der Waals surface area contributed by atoms with Crippen molar-refractivity contribution >= 4 is 0 Å². The van der Waals surface area contributed by atoms with Gasteiger partial charge in [-0.3, -0.25) is 0 Å². The topological polar surface area (TPSA) is 181 Å². The van der Waals surface area contributed by atoms with Gasteiger partial charge in [0.15, 0.2) is 6.29 Å². The van der Waals surface area contributed by atoms with E-state index in [1.807, 2.05) is 0 Å². The zero-order valence-electron chi connectivity index (χ0n) is 25.3. The first-order valence-electron chi connectivity index (χ1n) is 16.2. The lowest BCUT2D eigenvalue weighted by atomic mass is 9.84. The third kappa shape index (κ3) is 11.7. The monoisotopic (exact) mass is 574 g/mol. The molecule has 238 valence electrons. The van der Waals surface area contributed by atoms with Crippen LogP contribution in [0.15, 0.2) is 0 Å². The van der Waals surface area contributed by atoms with Crippen LogP contribution in [0.5, 0.6) is 0 Å². The molecule has 0 amide bonds. The number of hydrogen-bond acceptors (Lipinski definition) is 10. The molecule has 0 bridgehead atoms. The van der Waals surface area contributed by atoms with Gasteiger partial charge in [0.1, 0.15) is 36.6 Å². The van der Waals surface area contributed by atoms with E-state index in [-0.39, 0.29) is 6.54 Å². The van der Waals surface area contributed by atoms with Crippen molar-refractivity contribution in [2.24, 2.45) is 22.9 Å². The second-order valence-electron chi connectivity index (χ2n) is 11.9. The summed E-state index contributed by atoms with van der Waals surface area (Å²) in [5.41, 5.74) is 25.1. The molecule has 2 fully saturated rings. The van der Waals surface area contributed by atoms with Crippen LogP contribution in [0.3, 0.4) is 0 Å². The van der Waals surface area contributed by atoms with E-state index >= 15 is 0 Å². The van der Waals surface area contributed by atoms with Crippen molar-refractivity contribution in [1.82, 2.24) is 0 Å². The molecule has 2 aliphatic rings. The van der Waals surface area contributed by atoms with Crippen LogP contribution in [-0.2, 0) is 18.9 Å². The number of aliphatic hydroxyl groups is 2. The summed E-state index contributed by atoms with van der Waals surface area (Å²) in [6.07, 6.45) is 11.1. The van der Waals surface area contributed by atoms with Crippen molar-refractivity contribution in [1.29, 1.82) is 0 Å². The maximum absolute atomic E-state index is 11.2. The van der Waals surface area contributed by atoms with Gasteiger partial charge in [-0.15, -0.1) is 0 Å². The molecule has 0 aromatic heterocycles. The Balaban J connectivity index is 1.87. The normalized spacial score (nSPS) is 34.8. The fraction of sp³-hybridized carbons (Fsp3) is 1.00. The van der Waals surface area contributed by atoms with E-state index in [4.69, 9.17) is 41.9 Å². The second kappa shape index (κ2) is 20.5. The Labute approximate surface area is 243 Å². The van der Waals surface area contributed by atoms with Gasteiger partial charge in [-0.25, -0.2) is 0 Å². The summed E-state index contributed by atoms with van der Waals surface area (Å²) in [6, 6.07) is -1.69. The van der Waals surface area contributed by atoms with Gasteiger partial charge < -0.3 is 52.1 Å². The third-order valence-corrected chi connectivity index (χ3v) is 8.42. The van der Waals surface area contributed by atoms with E-state index in [1.165, 1.54) is 64.2 Å². The van der Waals surface area contributed by atoms with Crippen LogP contribution in [0.1, 0.15) is 110 Å². The fourth-order valence-corrected chi connectivity index (χ4v) is 5.86. The Bertz CT molecular complexity index is 635. The van der Waals surface area contributed by atoms with E-state index in [2.05, 4.69) is 13.8 Å². The number of aliphatic hydroxyl groups excluding tert-OH is 2.